The molecular weight excluding hydrogens is 364 g/mol. The number of Topliss-reactive ketones (excluding diaryl/α,β-unsaturated/α-hetero) is 2. The Kier molecular flexibility index (Phi) is 5.38. The van der Waals surface area contributed by atoms with Crippen molar-refractivity contribution < 1.29 is 19.5 Å². The molecule has 4 aliphatic rings. The summed E-state index contributed by atoms with van der Waals surface area (Å²) in [4.78, 5) is 37.1. The first-order valence-electron chi connectivity index (χ1n) is 11.7. The molecule has 4 heteroatoms. The fourth-order valence-corrected chi connectivity index (χ4v) is 7.82. The van der Waals surface area contributed by atoms with Crippen LogP contribution in [0.4, 0.5) is 0 Å². The zero-order valence-corrected chi connectivity index (χ0v) is 18.2. The zero-order chi connectivity index (χ0) is 21.0. The molecule has 4 aliphatic carbocycles. The Balaban J connectivity index is 1.57. The van der Waals surface area contributed by atoms with Gasteiger partial charge in [-0.3, -0.25) is 14.4 Å². The largest absolute Gasteiger partial charge is 0.392 e. The van der Waals surface area contributed by atoms with Gasteiger partial charge in [0.05, 0.1) is 12.5 Å². The van der Waals surface area contributed by atoms with Crippen molar-refractivity contribution in [2.45, 2.75) is 91.1 Å². The molecule has 1 N–H and O–H groups in total. The lowest BCUT2D eigenvalue weighted by Gasteiger charge is -2.59. The van der Waals surface area contributed by atoms with Crippen molar-refractivity contribution in [2.75, 3.05) is 0 Å². The summed E-state index contributed by atoms with van der Waals surface area (Å²) in [5, 5.41) is 10.9. The third-order valence-electron chi connectivity index (χ3n) is 9.36. The normalized spacial score (nSPS) is 43.8. The van der Waals surface area contributed by atoms with Crippen LogP contribution < -0.4 is 0 Å². The van der Waals surface area contributed by atoms with Crippen molar-refractivity contribution in [2.24, 2.45) is 34.5 Å². The van der Waals surface area contributed by atoms with Crippen LogP contribution in [0, 0.1) is 34.5 Å². The monoisotopic (exact) mass is 400 g/mol. The molecule has 0 spiro atoms. The van der Waals surface area contributed by atoms with Crippen LogP contribution in [0.25, 0.3) is 0 Å². The number of hydrogen-bond donors (Lipinski definition) is 1. The number of rotatable bonds is 5. The van der Waals surface area contributed by atoms with E-state index >= 15 is 0 Å². The second-order valence-corrected chi connectivity index (χ2v) is 10.7. The van der Waals surface area contributed by atoms with Crippen LogP contribution >= 0.6 is 0 Å². The SMILES string of the molecule is CCCC(=O)CC(=O)[C@H]1CC[C@H]2[C@@H]3CCC4=CC(=O)CC(O)[C@]4(C)[C@H]3CC[C@]12C. The van der Waals surface area contributed by atoms with Gasteiger partial charge in [-0.2, -0.15) is 0 Å². The Labute approximate surface area is 174 Å². The predicted molar refractivity (Wildman–Crippen MR) is 111 cm³/mol. The van der Waals surface area contributed by atoms with Crippen molar-refractivity contribution in [3.8, 4) is 0 Å². The van der Waals surface area contributed by atoms with Crippen molar-refractivity contribution in [1.29, 1.82) is 0 Å². The van der Waals surface area contributed by atoms with E-state index in [0.29, 0.717) is 24.2 Å². The molecule has 0 bridgehead atoms. The van der Waals surface area contributed by atoms with Crippen LogP contribution in [-0.4, -0.2) is 28.6 Å². The minimum Gasteiger partial charge on any atom is -0.392 e. The summed E-state index contributed by atoms with van der Waals surface area (Å²) in [5.74, 6) is 1.71. The minimum atomic E-state index is -0.586. The van der Waals surface area contributed by atoms with E-state index in [4.69, 9.17) is 0 Å². The molecule has 4 rings (SSSR count). The lowest BCUT2D eigenvalue weighted by molar-refractivity contribution is -0.138. The molecular formula is C25H36O4. The van der Waals surface area contributed by atoms with Gasteiger partial charge in [-0.25, -0.2) is 0 Å². The smallest absolute Gasteiger partial charge is 0.158 e. The molecule has 0 aromatic rings. The standard InChI is InChI=1S/C25H36O4/c1-4-5-16(26)13-22(28)21-9-8-19-18-7-6-15-12-17(27)14-23(29)25(15,3)20(18)10-11-24(19,21)2/h12,18-21,23,29H,4-11,13-14H2,1-3H3/t18-,19-,20-,21+,23?,24-,25-/m0/s1. The van der Waals surface area contributed by atoms with Crippen LogP contribution in [0.5, 0.6) is 0 Å². The molecule has 1 unspecified atom stereocenters. The van der Waals surface area contributed by atoms with Crippen molar-refractivity contribution in [3.05, 3.63) is 11.6 Å². The molecule has 3 fully saturated rings. The van der Waals surface area contributed by atoms with Crippen LogP contribution in [0.3, 0.4) is 0 Å². The summed E-state index contributed by atoms with van der Waals surface area (Å²) in [6, 6.07) is 0. The van der Waals surface area contributed by atoms with Crippen LogP contribution in [-0.2, 0) is 14.4 Å². The summed E-state index contributed by atoms with van der Waals surface area (Å²) in [7, 11) is 0. The summed E-state index contributed by atoms with van der Waals surface area (Å²) in [6.45, 7) is 6.45. The Morgan fingerprint density at radius 1 is 1.14 bits per heavy atom. The summed E-state index contributed by atoms with van der Waals surface area (Å²) >= 11 is 0. The molecule has 0 saturated heterocycles. The fraction of sp³-hybridized carbons (Fsp3) is 0.800. The van der Waals surface area contributed by atoms with Gasteiger partial charge in [0.2, 0.25) is 0 Å². The van der Waals surface area contributed by atoms with Gasteiger partial charge in [-0.05, 0) is 74.2 Å². The zero-order valence-electron chi connectivity index (χ0n) is 18.2. The number of aliphatic hydroxyl groups is 1. The van der Waals surface area contributed by atoms with Crippen LogP contribution in [0.1, 0.15) is 85.0 Å². The number of ketones is 3. The van der Waals surface area contributed by atoms with E-state index in [2.05, 4.69) is 13.8 Å². The topological polar surface area (TPSA) is 71.4 Å². The molecule has 0 aromatic carbocycles. The third-order valence-corrected chi connectivity index (χ3v) is 9.36. The lowest BCUT2D eigenvalue weighted by Crippen LogP contribution is -2.55. The van der Waals surface area contributed by atoms with Gasteiger partial charge in [0.25, 0.3) is 0 Å². The summed E-state index contributed by atoms with van der Waals surface area (Å²) < 4.78 is 0. The second kappa shape index (κ2) is 7.44. The number of hydrogen-bond acceptors (Lipinski definition) is 4. The summed E-state index contributed by atoms with van der Waals surface area (Å²) in [6.07, 6.45) is 8.80. The molecule has 0 radical (unpaired) electrons. The second-order valence-electron chi connectivity index (χ2n) is 10.7. The van der Waals surface area contributed by atoms with Crippen molar-refractivity contribution in [1.82, 2.24) is 0 Å². The Morgan fingerprint density at radius 2 is 1.90 bits per heavy atom. The van der Waals surface area contributed by atoms with Crippen LogP contribution in [0.15, 0.2) is 11.6 Å². The van der Waals surface area contributed by atoms with E-state index < -0.39 is 6.10 Å². The van der Waals surface area contributed by atoms with Gasteiger partial charge in [-0.15, -0.1) is 0 Å². The minimum absolute atomic E-state index is 0.0110. The first-order chi connectivity index (χ1) is 13.7. The predicted octanol–water partition coefficient (Wildman–Crippen LogP) is 4.43. The number of fused-ring (bicyclic) bond motifs is 5. The molecule has 0 amide bonds. The third kappa shape index (κ3) is 3.17. The van der Waals surface area contributed by atoms with E-state index in [-0.39, 0.29) is 46.9 Å². The highest BCUT2D eigenvalue weighted by Gasteiger charge is 2.61. The van der Waals surface area contributed by atoms with Gasteiger partial charge in [0.15, 0.2) is 5.78 Å². The first kappa shape index (κ1) is 21.0. The molecule has 160 valence electrons. The van der Waals surface area contributed by atoms with E-state index in [1.54, 1.807) is 0 Å². The van der Waals surface area contributed by atoms with Crippen LogP contribution in [0.2, 0.25) is 0 Å². The van der Waals surface area contributed by atoms with Gasteiger partial charge in [0.1, 0.15) is 11.6 Å². The fourth-order valence-electron chi connectivity index (χ4n) is 7.82. The average molecular weight is 401 g/mol. The molecule has 29 heavy (non-hydrogen) atoms. The number of carbonyl (C=O) groups is 3. The Bertz CT molecular complexity index is 752. The summed E-state index contributed by atoms with van der Waals surface area (Å²) in [5.41, 5.74) is 0.844. The Hall–Kier alpha value is -1.29. The van der Waals surface area contributed by atoms with E-state index in [1.807, 2.05) is 13.0 Å². The number of carbonyl (C=O) groups excluding carboxylic acids is 3. The lowest BCUT2D eigenvalue weighted by atomic mass is 9.46. The van der Waals surface area contributed by atoms with Gasteiger partial charge >= 0.3 is 0 Å². The van der Waals surface area contributed by atoms with E-state index in [9.17, 15) is 19.5 Å². The molecule has 0 heterocycles. The highest BCUT2D eigenvalue weighted by molar-refractivity contribution is 6.00. The highest BCUT2D eigenvalue weighted by Crippen LogP contribution is 2.66. The molecule has 0 aliphatic heterocycles. The Morgan fingerprint density at radius 3 is 2.62 bits per heavy atom. The first-order valence-corrected chi connectivity index (χ1v) is 11.7. The maximum Gasteiger partial charge on any atom is 0.158 e. The molecule has 7 atom stereocenters. The van der Waals surface area contributed by atoms with E-state index in [1.165, 1.54) is 0 Å². The maximum absolute atomic E-state index is 13.0. The highest BCUT2D eigenvalue weighted by atomic mass is 16.3. The quantitative estimate of drug-likeness (QED) is 0.693. The van der Waals surface area contributed by atoms with Gasteiger partial charge in [0, 0.05) is 24.2 Å². The van der Waals surface area contributed by atoms with Crippen molar-refractivity contribution in [3.63, 3.8) is 0 Å². The average Bonchev–Trinajstić information content (AvgIpc) is 3.00. The maximum atomic E-state index is 13.0. The number of aliphatic hydroxyl groups excluding tert-OH is 1. The van der Waals surface area contributed by atoms with E-state index in [0.717, 1.165) is 50.5 Å². The van der Waals surface area contributed by atoms with Gasteiger partial charge in [-0.1, -0.05) is 26.3 Å². The molecule has 0 aromatic heterocycles. The van der Waals surface area contributed by atoms with Crippen molar-refractivity contribution >= 4 is 17.3 Å². The molecule has 4 nitrogen and oxygen atoms in total. The van der Waals surface area contributed by atoms with Gasteiger partial charge < -0.3 is 5.11 Å². The molecule has 3 saturated carbocycles.